The molecule has 2 N–H and O–H groups in total. The van der Waals surface area contributed by atoms with Gasteiger partial charge in [-0.25, -0.2) is 8.78 Å². The van der Waals surface area contributed by atoms with E-state index in [1.54, 1.807) is 0 Å². The number of nitrogens with zero attached hydrogens (tertiary/aromatic N) is 1. The van der Waals surface area contributed by atoms with Gasteiger partial charge in [0.2, 0.25) is 0 Å². The fourth-order valence-corrected chi connectivity index (χ4v) is 1.21. The molecule has 76 valence electrons. The van der Waals surface area contributed by atoms with Gasteiger partial charge in [0.05, 0.1) is 5.69 Å². The summed E-state index contributed by atoms with van der Waals surface area (Å²) in [6, 6.07) is 1.17. The van der Waals surface area contributed by atoms with Crippen molar-refractivity contribution in [1.29, 1.82) is 0 Å². The van der Waals surface area contributed by atoms with Crippen LogP contribution in [0.4, 0.5) is 8.78 Å². The number of alkyl halides is 2. The van der Waals surface area contributed by atoms with Gasteiger partial charge in [0.15, 0.2) is 6.29 Å². The molecule has 0 aliphatic rings. The van der Waals surface area contributed by atoms with Crippen LogP contribution in [0.5, 0.6) is 0 Å². The van der Waals surface area contributed by atoms with Crippen LogP contribution in [0.2, 0.25) is 0 Å². The van der Waals surface area contributed by atoms with Crippen LogP contribution >= 0.6 is 0 Å². The third-order valence-electron chi connectivity index (χ3n) is 1.90. The van der Waals surface area contributed by atoms with E-state index in [0.29, 0.717) is 17.7 Å². The highest BCUT2D eigenvalue weighted by molar-refractivity contribution is 5.79. The molecule has 1 aromatic rings. The van der Waals surface area contributed by atoms with Gasteiger partial charge in [0.1, 0.15) is 0 Å². The van der Waals surface area contributed by atoms with Crippen molar-refractivity contribution in [3.05, 3.63) is 28.6 Å². The zero-order chi connectivity index (χ0) is 10.7. The topological polar surface area (TPSA) is 56.0 Å². The SMILES string of the molecule is Cc1nc(CN)cc(C(F)F)c1C=O. The third-order valence-corrected chi connectivity index (χ3v) is 1.90. The lowest BCUT2D eigenvalue weighted by molar-refractivity contribution is 0.110. The molecule has 5 heteroatoms. The Kier molecular flexibility index (Phi) is 3.24. The zero-order valence-corrected chi connectivity index (χ0v) is 7.63. The molecule has 0 amide bonds. The van der Waals surface area contributed by atoms with E-state index in [9.17, 15) is 13.6 Å². The first-order chi connectivity index (χ1) is 6.60. The molecule has 0 aliphatic heterocycles. The average molecular weight is 200 g/mol. The number of hydrogen-bond donors (Lipinski definition) is 1. The van der Waals surface area contributed by atoms with Crippen LogP contribution in [0.3, 0.4) is 0 Å². The second kappa shape index (κ2) is 4.23. The maximum Gasteiger partial charge on any atom is 0.264 e. The van der Waals surface area contributed by atoms with Gasteiger partial charge in [0.25, 0.3) is 6.43 Å². The third kappa shape index (κ3) is 1.93. The first kappa shape index (κ1) is 10.7. The second-order valence-corrected chi connectivity index (χ2v) is 2.82. The average Bonchev–Trinajstić information content (AvgIpc) is 2.16. The Hall–Kier alpha value is -1.36. The van der Waals surface area contributed by atoms with Crippen molar-refractivity contribution in [2.24, 2.45) is 5.73 Å². The number of pyridine rings is 1. The molecule has 3 nitrogen and oxygen atoms in total. The number of hydrogen-bond acceptors (Lipinski definition) is 3. The summed E-state index contributed by atoms with van der Waals surface area (Å²) in [4.78, 5) is 14.5. The highest BCUT2D eigenvalue weighted by atomic mass is 19.3. The lowest BCUT2D eigenvalue weighted by atomic mass is 10.1. The lowest BCUT2D eigenvalue weighted by Gasteiger charge is -2.08. The highest BCUT2D eigenvalue weighted by Crippen LogP contribution is 2.24. The summed E-state index contributed by atoms with van der Waals surface area (Å²) in [6.07, 6.45) is -2.29. The lowest BCUT2D eigenvalue weighted by Crippen LogP contribution is -2.06. The zero-order valence-electron chi connectivity index (χ0n) is 7.63. The van der Waals surface area contributed by atoms with Crippen molar-refractivity contribution in [2.75, 3.05) is 0 Å². The number of aromatic nitrogens is 1. The van der Waals surface area contributed by atoms with E-state index in [0.717, 1.165) is 0 Å². The summed E-state index contributed by atoms with van der Waals surface area (Å²) in [5.74, 6) is 0. The molecule has 0 spiro atoms. The summed E-state index contributed by atoms with van der Waals surface area (Å²) < 4.78 is 25.0. The Labute approximate surface area is 79.9 Å². The van der Waals surface area contributed by atoms with Gasteiger partial charge in [-0.1, -0.05) is 0 Å². The fraction of sp³-hybridized carbons (Fsp3) is 0.333. The number of aldehydes is 1. The van der Waals surface area contributed by atoms with E-state index in [1.165, 1.54) is 13.0 Å². The van der Waals surface area contributed by atoms with E-state index in [2.05, 4.69) is 4.98 Å². The molecule has 14 heavy (non-hydrogen) atoms. The summed E-state index contributed by atoms with van der Waals surface area (Å²) in [6.45, 7) is 1.59. The summed E-state index contributed by atoms with van der Waals surface area (Å²) in [5, 5.41) is 0. The Morgan fingerprint density at radius 3 is 2.71 bits per heavy atom. The Morgan fingerprint density at radius 1 is 1.64 bits per heavy atom. The maximum atomic E-state index is 12.5. The summed E-state index contributed by atoms with van der Waals surface area (Å²) >= 11 is 0. The van der Waals surface area contributed by atoms with Crippen molar-refractivity contribution in [3.63, 3.8) is 0 Å². The Bertz CT molecular complexity index is 353. The summed E-state index contributed by atoms with van der Waals surface area (Å²) in [7, 11) is 0. The van der Waals surface area contributed by atoms with Crippen molar-refractivity contribution >= 4 is 6.29 Å². The van der Waals surface area contributed by atoms with E-state index >= 15 is 0 Å². The van der Waals surface area contributed by atoms with Gasteiger partial charge >= 0.3 is 0 Å². The van der Waals surface area contributed by atoms with E-state index in [1.807, 2.05) is 0 Å². The van der Waals surface area contributed by atoms with Crippen LogP contribution in [-0.4, -0.2) is 11.3 Å². The second-order valence-electron chi connectivity index (χ2n) is 2.82. The molecule has 0 atom stereocenters. The molecule has 0 saturated heterocycles. The molecular formula is C9H10F2N2O. The number of aryl methyl sites for hydroxylation is 1. The predicted octanol–water partition coefficient (Wildman–Crippen LogP) is 1.60. The molecule has 1 rings (SSSR count). The molecule has 0 radical (unpaired) electrons. The predicted molar refractivity (Wildman–Crippen MR) is 47.2 cm³/mol. The van der Waals surface area contributed by atoms with Gasteiger partial charge in [-0.3, -0.25) is 9.78 Å². The number of nitrogens with two attached hydrogens (primary N) is 1. The minimum absolute atomic E-state index is 0.0443. The quantitative estimate of drug-likeness (QED) is 0.754. The molecule has 0 aromatic carbocycles. The van der Waals surface area contributed by atoms with Gasteiger partial charge < -0.3 is 5.73 Å². The van der Waals surface area contributed by atoms with Crippen LogP contribution in [0.25, 0.3) is 0 Å². The normalized spacial score (nSPS) is 10.6. The van der Waals surface area contributed by atoms with Crippen LogP contribution < -0.4 is 5.73 Å². The molecule has 1 heterocycles. The van der Waals surface area contributed by atoms with Crippen LogP contribution in [0.15, 0.2) is 6.07 Å². The highest BCUT2D eigenvalue weighted by Gasteiger charge is 2.16. The smallest absolute Gasteiger partial charge is 0.264 e. The first-order valence-corrected chi connectivity index (χ1v) is 4.04. The number of carbonyl (C=O) groups excluding carboxylic acids is 1. The number of rotatable bonds is 3. The van der Waals surface area contributed by atoms with E-state index in [4.69, 9.17) is 5.73 Å². The minimum atomic E-state index is -2.68. The van der Waals surface area contributed by atoms with Crippen molar-refractivity contribution in [3.8, 4) is 0 Å². The molecule has 1 aromatic heterocycles. The van der Waals surface area contributed by atoms with Crippen LogP contribution in [0, 0.1) is 6.92 Å². The first-order valence-electron chi connectivity index (χ1n) is 4.04. The maximum absolute atomic E-state index is 12.5. The molecule has 0 aliphatic carbocycles. The number of carbonyl (C=O) groups is 1. The van der Waals surface area contributed by atoms with Gasteiger partial charge in [-0.05, 0) is 13.0 Å². The standard InChI is InChI=1S/C9H10F2N2O/c1-5-8(4-14)7(9(10)11)2-6(3-12)13-5/h2,4,9H,3,12H2,1H3. The van der Waals surface area contributed by atoms with Gasteiger partial charge in [0, 0.05) is 23.4 Å². The molecule has 0 unspecified atom stereocenters. The Morgan fingerprint density at radius 2 is 2.29 bits per heavy atom. The molecule has 0 saturated carbocycles. The van der Waals surface area contributed by atoms with E-state index < -0.39 is 6.43 Å². The van der Waals surface area contributed by atoms with Gasteiger partial charge in [-0.15, -0.1) is 0 Å². The van der Waals surface area contributed by atoms with Crippen LogP contribution in [0.1, 0.15) is 33.7 Å². The largest absolute Gasteiger partial charge is 0.325 e. The molecular weight excluding hydrogens is 190 g/mol. The number of halogens is 2. The van der Waals surface area contributed by atoms with Crippen molar-refractivity contribution < 1.29 is 13.6 Å². The fourth-order valence-electron chi connectivity index (χ4n) is 1.21. The molecule has 0 bridgehead atoms. The van der Waals surface area contributed by atoms with Crippen molar-refractivity contribution in [1.82, 2.24) is 4.98 Å². The molecule has 0 fully saturated rings. The van der Waals surface area contributed by atoms with E-state index in [-0.39, 0.29) is 17.7 Å². The van der Waals surface area contributed by atoms with Gasteiger partial charge in [-0.2, -0.15) is 0 Å². The summed E-state index contributed by atoms with van der Waals surface area (Å²) in [5.41, 5.74) is 5.60. The monoisotopic (exact) mass is 200 g/mol. The Balaban J connectivity index is 3.35. The van der Waals surface area contributed by atoms with Crippen molar-refractivity contribution in [2.45, 2.75) is 19.9 Å². The minimum Gasteiger partial charge on any atom is -0.325 e. The van der Waals surface area contributed by atoms with Crippen LogP contribution in [-0.2, 0) is 6.54 Å².